The molecule has 0 saturated carbocycles. The van der Waals surface area contributed by atoms with Gasteiger partial charge in [0.25, 0.3) is 11.8 Å². The van der Waals surface area contributed by atoms with Crippen molar-refractivity contribution in [2.24, 2.45) is 5.16 Å². The maximum absolute atomic E-state index is 13.0. The van der Waals surface area contributed by atoms with Crippen LogP contribution in [0.1, 0.15) is 10.7 Å². The first-order valence-corrected chi connectivity index (χ1v) is 13.2. The number of nitrogens with one attached hydrogen (secondary N) is 1. The van der Waals surface area contributed by atoms with E-state index in [0.717, 1.165) is 12.9 Å². The zero-order valence-electron chi connectivity index (χ0n) is 18.2. The van der Waals surface area contributed by atoms with Crippen LogP contribution in [-0.4, -0.2) is 81.6 Å². The maximum Gasteiger partial charge on any atom is 0.358 e. The summed E-state index contributed by atoms with van der Waals surface area (Å²) in [5.74, 6) is -3.51. The van der Waals surface area contributed by atoms with Crippen LogP contribution in [0.25, 0.3) is 0 Å². The van der Waals surface area contributed by atoms with E-state index in [1.165, 1.54) is 24.8 Å². The molecule has 0 spiro atoms. The molecule has 12 nitrogen and oxygen atoms in total. The molecule has 0 radical (unpaired) electrons. The minimum absolute atomic E-state index is 0.0405. The van der Waals surface area contributed by atoms with Crippen molar-refractivity contribution < 1.29 is 37.9 Å². The lowest BCUT2D eigenvalue weighted by Gasteiger charge is -2.49. The lowest BCUT2D eigenvalue weighted by atomic mass is 10.0. The molecule has 0 bridgehead atoms. The molecule has 0 aromatic carbocycles. The number of alkyl halides is 1. The number of hydrogen-bond donors (Lipinski definition) is 1. The quantitative estimate of drug-likeness (QED) is 0.0400. The Balaban J connectivity index is 1.86. The number of amides is 2. The number of nitrogens with zero attached hydrogens (tertiary/aromatic N) is 3. The van der Waals surface area contributed by atoms with Crippen molar-refractivity contribution in [3.05, 3.63) is 39.7 Å². The van der Waals surface area contributed by atoms with Gasteiger partial charge in [-0.1, -0.05) is 27.7 Å². The molecule has 0 aliphatic carbocycles. The van der Waals surface area contributed by atoms with E-state index in [4.69, 9.17) is 9.49 Å². The van der Waals surface area contributed by atoms with Gasteiger partial charge in [-0.25, -0.2) is 14.6 Å². The summed E-state index contributed by atoms with van der Waals surface area (Å²) in [6.45, 7) is 5.07. The van der Waals surface area contributed by atoms with Crippen molar-refractivity contribution in [2.75, 3.05) is 10.2 Å². The molecular formula is C17H17B2IN4O8S2. The van der Waals surface area contributed by atoms with E-state index >= 15 is 0 Å². The number of carbonyl (C=O) groups is 4. The number of oxime groups is 1. The third-order valence-electron chi connectivity index (χ3n) is 4.77. The smallest absolute Gasteiger partial charge is 0.358 e. The number of β-lactam (4-membered cyclic amide) rings is 1. The fourth-order valence-electron chi connectivity index (χ4n) is 3.18. The van der Waals surface area contributed by atoms with Gasteiger partial charge in [0.1, 0.15) is 17.1 Å². The zero-order valence-corrected chi connectivity index (χ0v) is 21.9. The third-order valence-corrected chi connectivity index (χ3v) is 8.12. The normalized spacial score (nSPS) is 21.9. The highest BCUT2D eigenvalue weighted by Gasteiger charge is 2.61. The molecule has 3 heterocycles. The Morgan fingerprint density at radius 1 is 1.44 bits per heavy atom. The molecule has 1 aromatic rings. The summed E-state index contributed by atoms with van der Waals surface area (Å²) < 4.78 is 22.5. The summed E-state index contributed by atoms with van der Waals surface area (Å²) in [7, 11) is 2.31. The molecule has 3 atom stereocenters. The van der Waals surface area contributed by atoms with Crippen molar-refractivity contribution >= 4 is 90.7 Å². The molecule has 1 saturated heterocycles. The lowest BCUT2D eigenvalue weighted by molar-refractivity contribution is -0.149. The maximum atomic E-state index is 13.0. The highest BCUT2D eigenvalue weighted by Crippen LogP contribution is 2.37. The first kappa shape index (κ1) is 26.2. The van der Waals surface area contributed by atoms with E-state index < -0.39 is 52.1 Å². The van der Waals surface area contributed by atoms with Crippen LogP contribution in [0.3, 0.4) is 0 Å². The average molecular weight is 618 g/mol. The molecule has 178 valence electrons. The van der Waals surface area contributed by atoms with E-state index in [9.17, 15) is 23.7 Å². The van der Waals surface area contributed by atoms with Gasteiger partial charge in [0, 0.05) is 15.4 Å². The first-order chi connectivity index (χ1) is 16.1. The van der Waals surface area contributed by atoms with Gasteiger partial charge in [0.2, 0.25) is 11.1 Å². The second kappa shape index (κ2) is 10.9. The fourth-order valence-corrected chi connectivity index (χ4v) is 6.46. The van der Waals surface area contributed by atoms with E-state index in [1.54, 1.807) is 6.92 Å². The third kappa shape index (κ3) is 5.01. The van der Waals surface area contributed by atoms with Crippen LogP contribution < -0.4 is 5.32 Å². The second-order valence-electron chi connectivity index (χ2n) is 6.85. The number of hydrogen-bond acceptors (Lipinski definition) is 11. The van der Waals surface area contributed by atoms with Gasteiger partial charge in [-0.15, -0.1) is 11.3 Å². The topological polar surface area (TPSA) is 160 Å². The summed E-state index contributed by atoms with van der Waals surface area (Å²) in [6, 6.07) is -1.18. The SMILES string of the molecule is BOC(=O)C(=C)O/N=C(\C(=O)N[C@@H]1C(=O)N2C(C(=O)OB)=C(CI)C[S+]([O-])[C@H]12)c1csc(C)n1. The van der Waals surface area contributed by atoms with E-state index in [-0.39, 0.29) is 22.9 Å². The van der Waals surface area contributed by atoms with Crippen LogP contribution in [0.4, 0.5) is 0 Å². The van der Waals surface area contributed by atoms with Crippen LogP contribution in [0, 0.1) is 6.92 Å². The zero-order chi connectivity index (χ0) is 25.2. The number of halogens is 1. The molecule has 17 heteroatoms. The molecule has 3 rings (SSSR count). The van der Waals surface area contributed by atoms with Crippen LogP contribution in [0.15, 0.2) is 34.1 Å². The van der Waals surface area contributed by atoms with Gasteiger partial charge in [0.05, 0.1) is 5.01 Å². The predicted octanol–water partition coefficient (Wildman–Crippen LogP) is -2.03. The van der Waals surface area contributed by atoms with Crippen molar-refractivity contribution in [1.29, 1.82) is 0 Å². The Morgan fingerprint density at radius 2 is 2.15 bits per heavy atom. The van der Waals surface area contributed by atoms with E-state index in [2.05, 4.69) is 26.7 Å². The molecule has 34 heavy (non-hydrogen) atoms. The number of aromatic nitrogens is 1. The molecule has 1 aromatic heterocycles. The summed E-state index contributed by atoms with van der Waals surface area (Å²) >= 11 is 1.67. The highest BCUT2D eigenvalue weighted by atomic mass is 127. The summed E-state index contributed by atoms with van der Waals surface area (Å²) in [6.07, 6.45) is 0. The van der Waals surface area contributed by atoms with Crippen molar-refractivity contribution in [3.63, 3.8) is 0 Å². The highest BCUT2D eigenvalue weighted by molar-refractivity contribution is 14.1. The second-order valence-corrected chi connectivity index (χ2v) is 10.2. The number of thiazole rings is 1. The molecule has 1 N–H and O–H groups in total. The fraction of sp³-hybridized carbons (Fsp3) is 0.294. The molecular weight excluding hydrogens is 601 g/mol. The van der Waals surface area contributed by atoms with Crippen molar-refractivity contribution in [2.45, 2.75) is 18.3 Å². The van der Waals surface area contributed by atoms with E-state index in [0.29, 0.717) is 15.0 Å². The Morgan fingerprint density at radius 3 is 2.71 bits per heavy atom. The van der Waals surface area contributed by atoms with Gasteiger partial charge in [-0.05, 0) is 24.7 Å². The Hall–Kier alpha value is -2.37. The summed E-state index contributed by atoms with van der Waals surface area (Å²) in [4.78, 5) is 59.9. The first-order valence-electron chi connectivity index (χ1n) is 9.46. The molecule has 2 amide bonds. The minimum Gasteiger partial charge on any atom is -0.614 e. The minimum atomic E-state index is -1.58. The van der Waals surface area contributed by atoms with E-state index in [1.807, 2.05) is 22.6 Å². The summed E-state index contributed by atoms with van der Waals surface area (Å²) in [5.41, 5.74) is 0.362. The number of aryl methyl sites for hydroxylation is 1. The lowest BCUT2D eigenvalue weighted by Crippen LogP contribution is -2.75. The van der Waals surface area contributed by atoms with Gasteiger partial charge in [-0.2, -0.15) is 0 Å². The van der Waals surface area contributed by atoms with Gasteiger partial charge < -0.3 is 24.0 Å². The number of fused-ring (bicyclic) bond motifs is 1. The largest absolute Gasteiger partial charge is 0.614 e. The van der Waals surface area contributed by atoms with Crippen molar-refractivity contribution in [1.82, 2.24) is 15.2 Å². The number of rotatable bonds is 8. The molecule has 2 aliphatic rings. The Kier molecular flexibility index (Phi) is 8.43. The molecule has 1 fully saturated rings. The Labute approximate surface area is 216 Å². The van der Waals surface area contributed by atoms with Gasteiger partial charge in [-0.3, -0.25) is 14.5 Å². The summed E-state index contributed by atoms with van der Waals surface area (Å²) in [5, 5.41) is 7.38. The predicted molar refractivity (Wildman–Crippen MR) is 134 cm³/mol. The van der Waals surface area contributed by atoms with Gasteiger partial charge in [0.15, 0.2) is 11.8 Å². The van der Waals surface area contributed by atoms with Crippen LogP contribution in [0.5, 0.6) is 0 Å². The van der Waals surface area contributed by atoms with Crippen LogP contribution in [-0.2, 0) is 44.5 Å². The standard InChI is InChI=1S/C17H17B2IN4O8S2/c1-6(16(27)30-18)32-23-10(9-4-33-7(2)21-9)13(25)22-11-14(26)24-12(17(28)31-19)8(3-20)5-34(29)15(11)24/h4,11,15H,1,3,5,18-19H2,2H3,(H,22,25)/b23-10-/t11-,15-,34?/m1/s1. The van der Waals surface area contributed by atoms with Crippen molar-refractivity contribution in [3.8, 4) is 0 Å². The number of carbonyl (C=O) groups excluding carboxylic acids is 4. The average Bonchev–Trinajstić information content (AvgIpc) is 3.26. The van der Waals surface area contributed by atoms with Crippen LogP contribution in [0.2, 0.25) is 0 Å². The Bertz CT molecular complexity index is 1130. The molecule has 1 unspecified atom stereocenters. The van der Waals surface area contributed by atoms with Crippen LogP contribution >= 0.6 is 33.9 Å². The van der Waals surface area contributed by atoms with Gasteiger partial charge >= 0.3 is 28.0 Å². The monoisotopic (exact) mass is 618 g/mol. The molecule has 2 aliphatic heterocycles.